The molecule has 0 aromatic carbocycles. The molecule has 0 radical (unpaired) electrons. The smallest absolute Gasteiger partial charge is 0.222 e. The largest absolute Gasteiger partial charge is 0.345 e. The van der Waals surface area contributed by atoms with Gasteiger partial charge < -0.3 is 9.80 Å². The van der Waals surface area contributed by atoms with E-state index in [1.807, 2.05) is 11.9 Å². The Kier molecular flexibility index (Phi) is 6.50. The number of carbonyl (C=O) groups is 1. The van der Waals surface area contributed by atoms with Crippen LogP contribution in [0.3, 0.4) is 0 Å². The van der Waals surface area contributed by atoms with Crippen LogP contribution in [0.1, 0.15) is 60.3 Å². The fourth-order valence-electron chi connectivity index (χ4n) is 2.81. The summed E-state index contributed by atoms with van der Waals surface area (Å²) in [4.78, 5) is 16.7. The van der Waals surface area contributed by atoms with Crippen LogP contribution in [0, 0.1) is 11.3 Å². The van der Waals surface area contributed by atoms with Crippen molar-refractivity contribution in [3.05, 3.63) is 0 Å². The molecule has 0 unspecified atom stereocenters. The topological polar surface area (TPSA) is 23.6 Å². The van der Waals surface area contributed by atoms with Gasteiger partial charge in [-0.15, -0.1) is 0 Å². The van der Waals surface area contributed by atoms with Gasteiger partial charge in [0.15, 0.2) is 0 Å². The number of rotatable bonds is 5. The van der Waals surface area contributed by atoms with E-state index in [9.17, 15) is 4.79 Å². The SMILES string of the molecule is CC(C)N1CCC(CN(C)C(=O)CCC(C)(C)C)CC1. The number of piperidine rings is 1. The molecule has 118 valence electrons. The molecule has 0 aromatic rings. The first-order valence-electron chi connectivity index (χ1n) is 8.17. The van der Waals surface area contributed by atoms with Gasteiger partial charge in [-0.2, -0.15) is 0 Å². The molecule has 0 bridgehead atoms. The first-order valence-corrected chi connectivity index (χ1v) is 8.17. The molecule has 1 amide bonds. The van der Waals surface area contributed by atoms with Crippen molar-refractivity contribution in [3.63, 3.8) is 0 Å². The lowest BCUT2D eigenvalue weighted by Gasteiger charge is -2.36. The van der Waals surface area contributed by atoms with Gasteiger partial charge in [-0.25, -0.2) is 0 Å². The van der Waals surface area contributed by atoms with Crippen LogP contribution in [0.25, 0.3) is 0 Å². The maximum atomic E-state index is 12.2. The quantitative estimate of drug-likeness (QED) is 0.771. The maximum Gasteiger partial charge on any atom is 0.222 e. The predicted octanol–water partition coefficient (Wildman–Crippen LogP) is 3.39. The first-order chi connectivity index (χ1) is 9.19. The molecule has 1 rings (SSSR count). The van der Waals surface area contributed by atoms with Crippen LogP contribution in [0.5, 0.6) is 0 Å². The highest BCUT2D eigenvalue weighted by molar-refractivity contribution is 5.75. The second-order valence-corrected chi connectivity index (χ2v) is 7.91. The monoisotopic (exact) mass is 282 g/mol. The molecule has 3 heteroatoms. The van der Waals surface area contributed by atoms with Crippen molar-refractivity contribution in [2.75, 3.05) is 26.7 Å². The molecule has 0 aromatic heterocycles. The summed E-state index contributed by atoms with van der Waals surface area (Å²) in [6.45, 7) is 14.4. The number of hydrogen-bond donors (Lipinski definition) is 0. The van der Waals surface area contributed by atoms with E-state index in [0.29, 0.717) is 24.3 Å². The average Bonchev–Trinajstić information content (AvgIpc) is 2.35. The highest BCUT2D eigenvalue weighted by Crippen LogP contribution is 2.22. The summed E-state index contributed by atoms with van der Waals surface area (Å²) in [7, 11) is 1.97. The number of amides is 1. The van der Waals surface area contributed by atoms with Gasteiger partial charge in [0, 0.05) is 26.1 Å². The van der Waals surface area contributed by atoms with Gasteiger partial charge in [-0.05, 0) is 57.5 Å². The highest BCUT2D eigenvalue weighted by Gasteiger charge is 2.23. The summed E-state index contributed by atoms with van der Waals surface area (Å²) in [5.74, 6) is 1.000. The Balaban J connectivity index is 2.29. The summed E-state index contributed by atoms with van der Waals surface area (Å²) in [6.07, 6.45) is 4.12. The van der Waals surface area contributed by atoms with E-state index in [4.69, 9.17) is 0 Å². The van der Waals surface area contributed by atoms with Crippen LogP contribution in [-0.4, -0.2) is 48.4 Å². The van der Waals surface area contributed by atoms with Gasteiger partial charge in [-0.1, -0.05) is 20.8 Å². The normalized spacial score (nSPS) is 18.6. The standard InChI is InChI=1S/C17H34N2O/c1-14(2)19-11-8-15(9-12-19)13-18(6)16(20)7-10-17(3,4)5/h14-15H,7-13H2,1-6H3. The molecule has 1 aliphatic heterocycles. The Morgan fingerprint density at radius 1 is 1.25 bits per heavy atom. The molecular weight excluding hydrogens is 248 g/mol. The van der Waals surface area contributed by atoms with Crippen molar-refractivity contribution in [1.29, 1.82) is 0 Å². The van der Waals surface area contributed by atoms with E-state index in [0.717, 1.165) is 13.0 Å². The number of nitrogens with zero attached hydrogens (tertiary/aromatic N) is 2. The fraction of sp³-hybridized carbons (Fsp3) is 0.941. The molecule has 0 saturated carbocycles. The van der Waals surface area contributed by atoms with Crippen LogP contribution in [0.2, 0.25) is 0 Å². The van der Waals surface area contributed by atoms with Gasteiger partial charge in [-0.3, -0.25) is 4.79 Å². The zero-order valence-electron chi connectivity index (χ0n) is 14.4. The number of carbonyl (C=O) groups excluding carboxylic acids is 1. The lowest BCUT2D eigenvalue weighted by molar-refractivity contribution is -0.131. The van der Waals surface area contributed by atoms with Gasteiger partial charge in [0.05, 0.1) is 0 Å². The van der Waals surface area contributed by atoms with Crippen LogP contribution in [0.15, 0.2) is 0 Å². The molecule has 0 spiro atoms. The van der Waals surface area contributed by atoms with Crippen LogP contribution < -0.4 is 0 Å². The lowest BCUT2D eigenvalue weighted by atomic mass is 9.90. The van der Waals surface area contributed by atoms with E-state index in [-0.39, 0.29) is 5.41 Å². The van der Waals surface area contributed by atoms with Gasteiger partial charge >= 0.3 is 0 Å². The molecular formula is C17H34N2O. The number of hydrogen-bond acceptors (Lipinski definition) is 2. The van der Waals surface area contributed by atoms with Crippen molar-refractivity contribution >= 4 is 5.91 Å². The first kappa shape index (κ1) is 17.5. The summed E-state index contributed by atoms with van der Waals surface area (Å²) in [5.41, 5.74) is 0.249. The minimum absolute atomic E-state index is 0.249. The van der Waals surface area contributed by atoms with E-state index in [2.05, 4.69) is 39.5 Å². The fourth-order valence-corrected chi connectivity index (χ4v) is 2.81. The van der Waals surface area contributed by atoms with E-state index < -0.39 is 0 Å². The van der Waals surface area contributed by atoms with Crippen molar-refractivity contribution in [2.45, 2.75) is 66.3 Å². The zero-order valence-corrected chi connectivity index (χ0v) is 14.4. The van der Waals surface area contributed by atoms with Crippen LogP contribution >= 0.6 is 0 Å². The Bertz CT molecular complexity index is 299. The van der Waals surface area contributed by atoms with Gasteiger partial charge in [0.25, 0.3) is 0 Å². The summed E-state index contributed by atoms with van der Waals surface area (Å²) < 4.78 is 0. The molecule has 20 heavy (non-hydrogen) atoms. The maximum absolute atomic E-state index is 12.2. The summed E-state index contributed by atoms with van der Waals surface area (Å²) >= 11 is 0. The Hall–Kier alpha value is -0.570. The van der Waals surface area contributed by atoms with Crippen LogP contribution in [0.4, 0.5) is 0 Å². The lowest BCUT2D eigenvalue weighted by Crippen LogP contribution is -2.42. The van der Waals surface area contributed by atoms with E-state index >= 15 is 0 Å². The predicted molar refractivity (Wildman–Crippen MR) is 85.8 cm³/mol. The molecule has 0 N–H and O–H groups in total. The molecule has 0 atom stereocenters. The minimum Gasteiger partial charge on any atom is -0.345 e. The Morgan fingerprint density at radius 3 is 2.25 bits per heavy atom. The Morgan fingerprint density at radius 2 is 1.80 bits per heavy atom. The van der Waals surface area contributed by atoms with Crippen molar-refractivity contribution in [3.8, 4) is 0 Å². The molecule has 1 aliphatic rings. The Labute approximate surface area is 125 Å². The molecule has 1 fully saturated rings. The molecule has 3 nitrogen and oxygen atoms in total. The second-order valence-electron chi connectivity index (χ2n) is 7.91. The van der Waals surface area contributed by atoms with Crippen LogP contribution in [-0.2, 0) is 4.79 Å². The second kappa shape index (κ2) is 7.44. The third kappa shape index (κ3) is 6.25. The third-order valence-electron chi connectivity index (χ3n) is 4.43. The average molecular weight is 282 g/mol. The van der Waals surface area contributed by atoms with Crippen molar-refractivity contribution < 1.29 is 4.79 Å². The van der Waals surface area contributed by atoms with Gasteiger partial charge in [0.2, 0.25) is 5.91 Å². The van der Waals surface area contributed by atoms with Crippen molar-refractivity contribution in [1.82, 2.24) is 9.80 Å². The molecule has 1 saturated heterocycles. The zero-order chi connectivity index (χ0) is 15.3. The molecule has 1 heterocycles. The number of likely N-dealkylation sites (tertiary alicyclic amines) is 1. The van der Waals surface area contributed by atoms with E-state index in [1.54, 1.807) is 0 Å². The van der Waals surface area contributed by atoms with Crippen molar-refractivity contribution in [2.24, 2.45) is 11.3 Å². The van der Waals surface area contributed by atoms with Gasteiger partial charge in [0.1, 0.15) is 0 Å². The van der Waals surface area contributed by atoms with E-state index in [1.165, 1.54) is 25.9 Å². The molecule has 0 aliphatic carbocycles. The summed E-state index contributed by atoms with van der Waals surface area (Å²) in [6, 6.07) is 0.655. The third-order valence-corrected chi connectivity index (χ3v) is 4.43. The highest BCUT2D eigenvalue weighted by atomic mass is 16.2. The summed E-state index contributed by atoms with van der Waals surface area (Å²) in [5, 5.41) is 0. The minimum atomic E-state index is 0.249.